The normalized spacial score (nSPS) is 10.4. The molecule has 1 aromatic heterocycles. The Labute approximate surface area is 161 Å². The molecule has 0 aliphatic carbocycles. The van der Waals surface area contributed by atoms with Crippen LogP contribution in [0.1, 0.15) is 27.2 Å². The third-order valence-corrected chi connectivity index (χ3v) is 4.98. The van der Waals surface area contributed by atoms with Gasteiger partial charge in [0.15, 0.2) is 5.13 Å². The lowest BCUT2D eigenvalue weighted by Crippen LogP contribution is -2.15. The Morgan fingerprint density at radius 1 is 1.07 bits per heavy atom. The molecular weight excluding hydrogens is 360 g/mol. The number of primary amides is 1. The first-order valence-electron chi connectivity index (χ1n) is 8.40. The first kappa shape index (κ1) is 18.6. The number of rotatable bonds is 6. The minimum Gasteiger partial charge on any atom is -0.369 e. The van der Waals surface area contributed by atoms with E-state index in [4.69, 9.17) is 5.73 Å². The Morgan fingerprint density at radius 2 is 1.81 bits per heavy atom. The molecule has 0 saturated carbocycles. The molecule has 0 spiro atoms. The average Bonchev–Trinajstić information content (AvgIpc) is 3.05. The van der Waals surface area contributed by atoms with Crippen molar-refractivity contribution in [3.63, 3.8) is 0 Å². The molecule has 0 fully saturated rings. The number of nitrogens with one attached hydrogen (secondary N) is 2. The van der Waals surface area contributed by atoms with E-state index in [-0.39, 0.29) is 12.3 Å². The van der Waals surface area contributed by atoms with Gasteiger partial charge in [0.1, 0.15) is 0 Å². The van der Waals surface area contributed by atoms with Crippen molar-refractivity contribution in [2.45, 2.75) is 20.3 Å². The third-order valence-electron chi connectivity index (χ3n) is 4.17. The molecule has 0 atom stereocenters. The summed E-state index contributed by atoms with van der Waals surface area (Å²) in [5.41, 5.74) is 10.2. The van der Waals surface area contributed by atoms with Gasteiger partial charge in [-0.3, -0.25) is 14.9 Å². The van der Waals surface area contributed by atoms with Crippen molar-refractivity contribution >= 4 is 39.7 Å². The van der Waals surface area contributed by atoms with Crippen LogP contribution in [0.5, 0.6) is 0 Å². The summed E-state index contributed by atoms with van der Waals surface area (Å²) in [6.07, 6.45) is 0.0527. The second-order valence-corrected chi connectivity index (χ2v) is 7.02. The molecule has 0 saturated heterocycles. The number of hydrogen-bond donors (Lipinski definition) is 3. The van der Waals surface area contributed by atoms with Crippen LogP contribution in [0.4, 0.5) is 16.5 Å². The van der Waals surface area contributed by atoms with Gasteiger partial charge >= 0.3 is 0 Å². The summed E-state index contributed by atoms with van der Waals surface area (Å²) in [5.74, 6) is -0.732. The van der Waals surface area contributed by atoms with Gasteiger partial charge in [0.25, 0.3) is 5.91 Å². The molecule has 6 nitrogen and oxygen atoms in total. The van der Waals surface area contributed by atoms with E-state index in [1.807, 2.05) is 50.2 Å². The van der Waals surface area contributed by atoms with Crippen LogP contribution in [0, 0.1) is 13.8 Å². The number of aryl methyl sites for hydroxylation is 1. The van der Waals surface area contributed by atoms with Crippen LogP contribution in [0.15, 0.2) is 47.8 Å². The zero-order valence-electron chi connectivity index (χ0n) is 15.1. The van der Waals surface area contributed by atoms with Gasteiger partial charge in [0, 0.05) is 11.1 Å². The summed E-state index contributed by atoms with van der Waals surface area (Å²) in [5, 5.41) is 8.26. The fraction of sp³-hybridized carbons (Fsp3) is 0.150. The van der Waals surface area contributed by atoms with Gasteiger partial charge in [-0.2, -0.15) is 0 Å². The first-order valence-corrected chi connectivity index (χ1v) is 9.28. The summed E-state index contributed by atoms with van der Waals surface area (Å²) in [6.45, 7) is 4.08. The number of para-hydroxylation sites is 1. The van der Waals surface area contributed by atoms with E-state index < -0.39 is 5.91 Å². The summed E-state index contributed by atoms with van der Waals surface area (Å²) >= 11 is 1.26. The molecule has 27 heavy (non-hydrogen) atoms. The predicted molar refractivity (Wildman–Crippen MR) is 109 cm³/mol. The van der Waals surface area contributed by atoms with E-state index in [0.29, 0.717) is 22.1 Å². The standard InChI is InChI=1S/C20H20N4O2S/c1-12-6-5-9-16(13(12)2)23-17-8-4-3-7-15(17)19(26)24-20-22-14(11-27-20)10-18(21)25/h3-9,11,23H,10H2,1-2H3,(H2,21,25)(H,22,24,26). The smallest absolute Gasteiger partial charge is 0.259 e. The van der Waals surface area contributed by atoms with Crippen LogP contribution in [-0.4, -0.2) is 16.8 Å². The molecule has 0 bridgehead atoms. The number of hydrogen-bond acceptors (Lipinski definition) is 5. The van der Waals surface area contributed by atoms with Gasteiger partial charge in [-0.1, -0.05) is 24.3 Å². The maximum atomic E-state index is 12.7. The van der Waals surface area contributed by atoms with Crippen LogP contribution >= 0.6 is 11.3 Å². The number of nitrogens with two attached hydrogens (primary N) is 1. The molecule has 0 aliphatic heterocycles. The van der Waals surface area contributed by atoms with Gasteiger partial charge in [0.2, 0.25) is 5.91 Å². The van der Waals surface area contributed by atoms with Crippen molar-refractivity contribution < 1.29 is 9.59 Å². The highest BCUT2D eigenvalue weighted by Crippen LogP contribution is 2.26. The summed E-state index contributed by atoms with van der Waals surface area (Å²) in [4.78, 5) is 27.9. The molecule has 2 aromatic carbocycles. The van der Waals surface area contributed by atoms with Crippen molar-refractivity contribution in [1.82, 2.24) is 4.98 Å². The lowest BCUT2D eigenvalue weighted by atomic mass is 10.1. The molecule has 7 heteroatoms. The lowest BCUT2D eigenvalue weighted by Gasteiger charge is -2.14. The van der Waals surface area contributed by atoms with Crippen molar-refractivity contribution in [3.8, 4) is 0 Å². The van der Waals surface area contributed by atoms with Crippen LogP contribution in [-0.2, 0) is 11.2 Å². The molecular formula is C20H20N4O2S. The monoisotopic (exact) mass is 380 g/mol. The number of thiazole rings is 1. The summed E-state index contributed by atoms with van der Waals surface area (Å²) in [6, 6.07) is 13.3. The largest absolute Gasteiger partial charge is 0.369 e. The van der Waals surface area contributed by atoms with E-state index in [9.17, 15) is 9.59 Å². The van der Waals surface area contributed by atoms with Gasteiger partial charge in [-0.15, -0.1) is 11.3 Å². The number of carbonyl (C=O) groups is 2. The predicted octanol–water partition coefficient (Wildman–Crippen LogP) is 3.78. The fourth-order valence-electron chi connectivity index (χ4n) is 2.61. The van der Waals surface area contributed by atoms with Crippen LogP contribution in [0.3, 0.4) is 0 Å². The second kappa shape index (κ2) is 8.01. The molecule has 138 valence electrons. The summed E-state index contributed by atoms with van der Waals surface area (Å²) in [7, 11) is 0. The minimum absolute atomic E-state index is 0.0527. The van der Waals surface area contributed by atoms with E-state index in [2.05, 4.69) is 15.6 Å². The number of benzene rings is 2. The van der Waals surface area contributed by atoms with Crippen molar-refractivity contribution in [3.05, 3.63) is 70.2 Å². The quantitative estimate of drug-likeness (QED) is 0.606. The van der Waals surface area contributed by atoms with Gasteiger partial charge in [-0.05, 0) is 43.2 Å². The van der Waals surface area contributed by atoms with Crippen LogP contribution in [0.25, 0.3) is 0 Å². The Bertz CT molecular complexity index is 997. The average molecular weight is 380 g/mol. The molecule has 3 rings (SSSR count). The third kappa shape index (κ3) is 4.51. The maximum Gasteiger partial charge on any atom is 0.259 e. The van der Waals surface area contributed by atoms with Crippen molar-refractivity contribution in [1.29, 1.82) is 0 Å². The number of nitrogens with zero attached hydrogens (tertiary/aromatic N) is 1. The van der Waals surface area contributed by atoms with Gasteiger partial charge in [-0.25, -0.2) is 4.98 Å². The molecule has 4 N–H and O–H groups in total. The van der Waals surface area contributed by atoms with E-state index in [0.717, 1.165) is 11.3 Å². The minimum atomic E-state index is -0.457. The van der Waals surface area contributed by atoms with Gasteiger partial charge < -0.3 is 11.1 Å². The fourth-order valence-corrected chi connectivity index (χ4v) is 3.32. The van der Waals surface area contributed by atoms with Gasteiger partial charge in [0.05, 0.1) is 23.4 Å². The number of carbonyl (C=O) groups excluding carboxylic acids is 2. The Hall–Kier alpha value is -3.19. The highest BCUT2D eigenvalue weighted by atomic mass is 32.1. The molecule has 1 heterocycles. The topological polar surface area (TPSA) is 97.1 Å². The van der Waals surface area contributed by atoms with E-state index in [1.54, 1.807) is 11.4 Å². The number of anilines is 3. The molecule has 2 amide bonds. The highest BCUT2D eigenvalue weighted by Gasteiger charge is 2.14. The zero-order chi connectivity index (χ0) is 19.4. The Morgan fingerprint density at radius 3 is 2.59 bits per heavy atom. The van der Waals surface area contributed by atoms with Crippen LogP contribution < -0.4 is 16.4 Å². The molecule has 3 aromatic rings. The highest BCUT2D eigenvalue weighted by molar-refractivity contribution is 7.14. The Balaban J connectivity index is 1.80. The van der Waals surface area contributed by atoms with E-state index in [1.165, 1.54) is 16.9 Å². The molecule has 0 unspecified atom stereocenters. The molecule has 0 aliphatic rings. The SMILES string of the molecule is Cc1cccc(Nc2ccccc2C(=O)Nc2nc(CC(N)=O)cs2)c1C. The second-order valence-electron chi connectivity index (χ2n) is 6.16. The van der Waals surface area contributed by atoms with Crippen molar-refractivity contribution in [2.75, 3.05) is 10.6 Å². The maximum absolute atomic E-state index is 12.7. The van der Waals surface area contributed by atoms with Crippen LogP contribution in [0.2, 0.25) is 0 Å². The van der Waals surface area contributed by atoms with Crippen molar-refractivity contribution in [2.24, 2.45) is 5.73 Å². The number of amides is 2. The number of aromatic nitrogens is 1. The molecule has 0 radical (unpaired) electrons. The lowest BCUT2D eigenvalue weighted by molar-refractivity contribution is -0.117. The summed E-state index contributed by atoms with van der Waals surface area (Å²) < 4.78 is 0. The Kier molecular flexibility index (Phi) is 5.52. The first-order chi connectivity index (χ1) is 12.9. The van der Waals surface area contributed by atoms with E-state index >= 15 is 0 Å². The zero-order valence-corrected chi connectivity index (χ0v) is 15.9.